The minimum Gasteiger partial charge on any atom is -0.408 e. The first-order chi connectivity index (χ1) is 12.1. The van der Waals surface area contributed by atoms with Crippen molar-refractivity contribution in [3.63, 3.8) is 0 Å². The molecule has 0 heterocycles. The van der Waals surface area contributed by atoms with E-state index >= 15 is 0 Å². The Kier molecular flexibility index (Phi) is 4.59. The van der Waals surface area contributed by atoms with Crippen molar-refractivity contribution in [1.82, 2.24) is 0 Å². The van der Waals surface area contributed by atoms with Gasteiger partial charge in [-0.2, -0.15) is 0 Å². The van der Waals surface area contributed by atoms with E-state index in [1.54, 1.807) is 0 Å². The second kappa shape index (κ2) is 6.73. The Morgan fingerprint density at radius 3 is 1.88 bits per heavy atom. The second-order valence-electron chi connectivity index (χ2n) is 8.45. The smallest absolute Gasteiger partial charge is 0.252 e. The number of benzene rings is 2. The molecule has 2 aromatic rings. The number of rotatable bonds is 5. The predicted octanol–water partition coefficient (Wildman–Crippen LogP) is 4.32. The molecule has 2 fully saturated rings. The summed E-state index contributed by atoms with van der Waals surface area (Å²) in [6, 6.07) is 21.8. The van der Waals surface area contributed by atoms with Crippen LogP contribution in [0, 0.1) is 29.6 Å². The molecule has 132 valence electrons. The van der Waals surface area contributed by atoms with Crippen LogP contribution in [0.4, 0.5) is 0 Å². The zero-order valence-electron chi connectivity index (χ0n) is 15.7. The Balaban J connectivity index is 1.56. The van der Waals surface area contributed by atoms with Gasteiger partial charge in [-0.3, -0.25) is 0 Å². The van der Waals surface area contributed by atoms with Crippen molar-refractivity contribution in [2.75, 3.05) is 6.61 Å². The molecule has 5 atom stereocenters. The lowest BCUT2D eigenvalue weighted by Crippen LogP contribution is -2.59. The van der Waals surface area contributed by atoms with Gasteiger partial charge in [-0.25, -0.2) is 0 Å². The Labute approximate surface area is 153 Å². The van der Waals surface area contributed by atoms with E-state index < -0.39 is 8.32 Å². The summed E-state index contributed by atoms with van der Waals surface area (Å²) in [4.78, 5) is 0. The van der Waals surface area contributed by atoms with Gasteiger partial charge in [0.2, 0.25) is 0 Å². The molecule has 2 saturated carbocycles. The molecule has 2 aliphatic rings. The Morgan fingerprint density at radius 1 is 0.840 bits per heavy atom. The fourth-order valence-electron chi connectivity index (χ4n) is 5.41. The van der Waals surface area contributed by atoms with E-state index in [0.29, 0.717) is 0 Å². The fourth-order valence-corrected chi connectivity index (χ4v) is 8.28. The first-order valence-electron chi connectivity index (χ1n) is 9.84. The van der Waals surface area contributed by atoms with E-state index in [2.05, 4.69) is 81.1 Å². The summed E-state index contributed by atoms with van der Waals surface area (Å²) in [5.74, 6) is 4.36. The molecular weight excluding hydrogens is 320 g/mol. The minimum absolute atomic E-state index is 0.760. The van der Waals surface area contributed by atoms with E-state index in [1.807, 2.05) is 0 Å². The van der Waals surface area contributed by atoms with Crippen LogP contribution < -0.4 is 10.4 Å². The molecule has 5 unspecified atom stereocenters. The maximum Gasteiger partial charge on any atom is 0.252 e. The summed E-state index contributed by atoms with van der Waals surface area (Å²) in [5, 5.41) is 2.76. The van der Waals surface area contributed by atoms with Crippen molar-refractivity contribution >= 4 is 18.7 Å². The molecule has 1 nitrogen and oxygen atoms in total. The van der Waals surface area contributed by atoms with Gasteiger partial charge in [0.1, 0.15) is 0 Å². The van der Waals surface area contributed by atoms with Crippen LogP contribution in [0.3, 0.4) is 0 Å². The van der Waals surface area contributed by atoms with Gasteiger partial charge in [-0.15, -0.1) is 0 Å². The molecule has 0 aliphatic heterocycles. The maximum absolute atomic E-state index is 6.86. The lowest BCUT2D eigenvalue weighted by molar-refractivity contribution is 0.131. The average Bonchev–Trinajstić information content (AvgIpc) is 3.21. The van der Waals surface area contributed by atoms with Gasteiger partial charge in [0.15, 0.2) is 0 Å². The van der Waals surface area contributed by atoms with Crippen molar-refractivity contribution in [3.8, 4) is 0 Å². The summed E-state index contributed by atoms with van der Waals surface area (Å²) < 4.78 is 6.86. The van der Waals surface area contributed by atoms with Gasteiger partial charge in [-0.1, -0.05) is 74.5 Å². The largest absolute Gasteiger partial charge is 0.408 e. The normalized spacial score (nSPS) is 31.4. The fraction of sp³-hybridized carbons (Fsp3) is 0.478. The average molecular weight is 351 g/mol. The molecule has 0 saturated heterocycles. The molecule has 2 aromatic carbocycles. The van der Waals surface area contributed by atoms with Crippen LogP contribution >= 0.6 is 0 Å². The molecule has 2 aliphatic carbocycles. The van der Waals surface area contributed by atoms with Gasteiger partial charge in [0.05, 0.1) is 0 Å². The Morgan fingerprint density at radius 2 is 1.40 bits per heavy atom. The van der Waals surface area contributed by atoms with E-state index in [4.69, 9.17) is 4.43 Å². The van der Waals surface area contributed by atoms with E-state index in [1.165, 1.54) is 23.2 Å². The lowest BCUT2D eigenvalue weighted by Gasteiger charge is -2.35. The summed E-state index contributed by atoms with van der Waals surface area (Å²) in [6.45, 7) is 8.23. The van der Waals surface area contributed by atoms with Crippen molar-refractivity contribution in [2.45, 2.75) is 33.2 Å². The molecule has 25 heavy (non-hydrogen) atoms. The van der Waals surface area contributed by atoms with Crippen LogP contribution in [0.5, 0.6) is 0 Å². The van der Waals surface area contributed by atoms with Crippen LogP contribution in [0.1, 0.15) is 26.7 Å². The highest BCUT2D eigenvalue weighted by Gasteiger charge is 2.49. The van der Waals surface area contributed by atoms with Crippen molar-refractivity contribution in [1.29, 1.82) is 0 Å². The molecule has 0 amide bonds. The molecule has 0 radical (unpaired) electrons. The second-order valence-corrected chi connectivity index (χ2v) is 12.0. The van der Waals surface area contributed by atoms with Gasteiger partial charge < -0.3 is 4.43 Å². The van der Waals surface area contributed by atoms with Crippen molar-refractivity contribution < 1.29 is 4.43 Å². The minimum atomic E-state index is -2.14. The third-order valence-corrected chi connectivity index (χ3v) is 10.9. The van der Waals surface area contributed by atoms with Gasteiger partial charge in [0, 0.05) is 6.61 Å². The third kappa shape index (κ3) is 3.00. The number of fused-ring (bicyclic) bond motifs is 2. The first-order valence-corrected chi connectivity index (χ1v) is 12.3. The van der Waals surface area contributed by atoms with Crippen LogP contribution in [0.15, 0.2) is 60.7 Å². The lowest BCUT2D eigenvalue weighted by atomic mass is 9.76. The van der Waals surface area contributed by atoms with Gasteiger partial charge in [0.25, 0.3) is 8.32 Å². The zero-order valence-corrected chi connectivity index (χ0v) is 16.7. The van der Waals surface area contributed by atoms with Crippen molar-refractivity contribution in [3.05, 3.63) is 60.7 Å². The molecule has 4 rings (SSSR count). The Hall–Kier alpha value is -1.38. The van der Waals surface area contributed by atoms with Crippen LogP contribution in [-0.2, 0) is 4.43 Å². The molecule has 0 N–H and O–H groups in total. The monoisotopic (exact) mass is 350 g/mol. The van der Waals surface area contributed by atoms with Gasteiger partial charge in [-0.05, 0) is 59.4 Å². The van der Waals surface area contributed by atoms with Crippen molar-refractivity contribution in [2.24, 2.45) is 29.6 Å². The highest BCUT2D eigenvalue weighted by molar-refractivity contribution is 6.96. The third-order valence-electron chi connectivity index (χ3n) is 7.27. The van der Waals surface area contributed by atoms with E-state index in [9.17, 15) is 0 Å². The number of hydrogen-bond acceptors (Lipinski definition) is 1. The molecule has 2 bridgehead atoms. The summed E-state index contributed by atoms with van der Waals surface area (Å²) in [7, 11) is -2.14. The van der Waals surface area contributed by atoms with Gasteiger partial charge >= 0.3 is 0 Å². The van der Waals surface area contributed by atoms with E-state index in [-0.39, 0.29) is 0 Å². The molecule has 0 spiro atoms. The molecule has 0 aromatic heterocycles. The summed E-state index contributed by atoms with van der Waals surface area (Å²) in [6.07, 6.45) is 2.82. The molecule has 2 heteroatoms. The zero-order chi connectivity index (χ0) is 17.4. The summed E-state index contributed by atoms with van der Waals surface area (Å²) in [5.41, 5.74) is 0. The van der Waals surface area contributed by atoms with Crippen LogP contribution in [0.2, 0.25) is 6.55 Å². The SMILES string of the molecule is CC1C2CC(CO[Si](C)(c3ccccc3)c3ccccc3)C(C2)C1C. The predicted molar refractivity (Wildman–Crippen MR) is 108 cm³/mol. The Bertz CT molecular complexity index is 657. The number of hydrogen-bond donors (Lipinski definition) is 0. The highest BCUT2D eigenvalue weighted by atomic mass is 28.4. The standard InChI is InChI=1S/C23H30OSi/c1-17-18(2)23-15-19(17)14-20(23)16-24-25(3,21-10-6-4-7-11-21)22-12-8-5-9-13-22/h4-13,17-20,23H,14-16H2,1-3H3. The van der Waals surface area contributed by atoms with Crippen LogP contribution in [-0.4, -0.2) is 14.9 Å². The topological polar surface area (TPSA) is 9.23 Å². The quantitative estimate of drug-likeness (QED) is 0.730. The van der Waals surface area contributed by atoms with E-state index in [0.717, 1.165) is 36.2 Å². The first kappa shape index (κ1) is 17.1. The highest BCUT2D eigenvalue weighted by Crippen LogP contribution is 2.55. The molecular formula is C23H30OSi. The maximum atomic E-state index is 6.86. The summed E-state index contributed by atoms with van der Waals surface area (Å²) >= 11 is 0. The van der Waals surface area contributed by atoms with Crippen LogP contribution in [0.25, 0.3) is 0 Å².